The van der Waals surface area contributed by atoms with Crippen LogP contribution in [-0.4, -0.2) is 10.9 Å². The number of nitrogen functional groups attached to an aromatic ring is 1. The third kappa shape index (κ3) is 2.65. The van der Waals surface area contributed by atoms with Crippen molar-refractivity contribution in [2.75, 3.05) is 11.1 Å². The van der Waals surface area contributed by atoms with Crippen LogP contribution in [0.4, 0.5) is 15.9 Å². The third-order valence-electron chi connectivity index (χ3n) is 2.26. The molecule has 6 heteroatoms. The van der Waals surface area contributed by atoms with E-state index in [1.807, 2.05) is 0 Å². The van der Waals surface area contributed by atoms with Gasteiger partial charge in [-0.1, -0.05) is 15.9 Å². The first kappa shape index (κ1) is 12.5. The summed E-state index contributed by atoms with van der Waals surface area (Å²) in [6.45, 7) is 0. The first-order valence-corrected chi connectivity index (χ1v) is 5.84. The molecule has 3 N–H and O–H groups in total. The Kier molecular flexibility index (Phi) is 3.57. The molecule has 4 nitrogen and oxygen atoms in total. The smallest absolute Gasteiger partial charge is 0.258 e. The fourth-order valence-corrected chi connectivity index (χ4v) is 1.63. The Bertz CT molecular complexity index is 586. The Balaban J connectivity index is 2.22. The number of nitrogens with zero attached hydrogens (tertiary/aromatic N) is 1. The zero-order valence-corrected chi connectivity index (χ0v) is 10.7. The van der Waals surface area contributed by atoms with Gasteiger partial charge in [0.2, 0.25) is 0 Å². The highest BCUT2D eigenvalue weighted by Crippen LogP contribution is 2.17. The second kappa shape index (κ2) is 5.14. The van der Waals surface area contributed by atoms with Crippen molar-refractivity contribution in [3.05, 3.63) is 52.4 Å². The van der Waals surface area contributed by atoms with Gasteiger partial charge in [-0.25, -0.2) is 9.37 Å². The van der Waals surface area contributed by atoms with Crippen molar-refractivity contribution in [3.8, 4) is 0 Å². The Morgan fingerprint density at radius 2 is 1.94 bits per heavy atom. The van der Waals surface area contributed by atoms with E-state index < -0.39 is 11.7 Å². The average molecular weight is 310 g/mol. The lowest BCUT2D eigenvalue weighted by molar-refractivity contribution is 0.102. The van der Waals surface area contributed by atoms with Gasteiger partial charge in [0.15, 0.2) is 11.6 Å². The topological polar surface area (TPSA) is 68.0 Å². The van der Waals surface area contributed by atoms with Gasteiger partial charge in [-0.05, 0) is 30.3 Å². The molecule has 0 fully saturated rings. The van der Waals surface area contributed by atoms with Gasteiger partial charge in [0.1, 0.15) is 0 Å². The zero-order valence-electron chi connectivity index (χ0n) is 9.15. The first-order valence-electron chi connectivity index (χ1n) is 5.05. The van der Waals surface area contributed by atoms with Gasteiger partial charge >= 0.3 is 0 Å². The van der Waals surface area contributed by atoms with Gasteiger partial charge in [0, 0.05) is 16.4 Å². The maximum absolute atomic E-state index is 13.6. The number of nitrogens with one attached hydrogen (secondary N) is 1. The molecule has 0 saturated carbocycles. The number of rotatable bonds is 2. The summed E-state index contributed by atoms with van der Waals surface area (Å²) >= 11 is 3.28. The van der Waals surface area contributed by atoms with Crippen molar-refractivity contribution in [3.63, 3.8) is 0 Å². The van der Waals surface area contributed by atoms with Crippen molar-refractivity contribution in [1.29, 1.82) is 0 Å². The number of nitrogens with two attached hydrogens (primary N) is 1. The van der Waals surface area contributed by atoms with Gasteiger partial charge in [-0.3, -0.25) is 4.79 Å². The number of pyridine rings is 1. The second-order valence-electron chi connectivity index (χ2n) is 3.52. The minimum atomic E-state index is -0.813. The first-order chi connectivity index (χ1) is 8.58. The van der Waals surface area contributed by atoms with Crippen LogP contribution in [0.5, 0.6) is 0 Å². The maximum Gasteiger partial charge on any atom is 0.258 e. The molecule has 1 amide bonds. The number of hydrogen-bond donors (Lipinski definition) is 2. The summed E-state index contributed by atoms with van der Waals surface area (Å²) in [5.41, 5.74) is 5.73. The minimum absolute atomic E-state index is 0.134. The summed E-state index contributed by atoms with van der Waals surface area (Å²) in [4.78, 5) is 15.4. The molecule has 2 aromatic rings. The van der Waals surface area contributed by atoms with Crippen molar-refractivity contribution in [2.45, 2.75) is 0 Å². The monoisotopic (exact) mass is 309 g/mol. The fourth-order valence-electron chi connectivity index (χ4n) is 1.37. The third-order valence-corrected chi connectivity index (χ3v) is 2.79. The van der Waals surface area contributed by atoms with Crippen LogP contribution < -0.4 is 11.1 Å². The van der Waals surface area contributed by atoms with Crippen molar-refractivity contribution in [2.24, 2.45) is 0 Å². The molecule has 0 bridgehead atoms. The van der Waals surface area contributed by atoms with E-state index in [1.165, 1.54) is 12.3 Å². The van der Waals surface area contributed by atoms with E-state index in [-0.39, 0.29) is 11.4 Å². The van der Waals surface area contributed by atoms with Gasteiger partial charge in [-0.2, -0.15) is 0 Å². The second-order valence-corrected chi connectivity index (χ2v) is 4.43. The van der Waals surface area contributed by atoms with Crippen LogP contribution >= 0.6 is 15.9 Å². The van der Waals surface area contributed by atoms with Crippen LogP contribution in [0.15, 0.2) is 41.0 Å². The Labute approximate surface area is 111 Å². The molecular formula is C12H9BrFN3O. The lowest BCUT2D eigenvalue weighted by atomic mass is 10.2. The molecular weight excluding hydrogens is 301 g/mol. The molecule has 1 heterocycles. The molecule has 1 aromatic carbocycles. The van der Waals surface area contributed by atoms with E-state index in [4.69, 9.17) is 5.73 Å². The molecule has 0 unspecified atom stereocenters. The van der Waals surface area contributed by atoms with E-state index in [0.29, 0.717) is 5.69 Å². The van der Waals surface area contributed by atoms with Gasteiger partial charge in [0.25, 0.3) is 5.91 Å². The van der Waals surface area contributed by atoms with Crippen LogP contribution in [0, 0.1) is 5.82 Å². The average Bonchev–Trinajstić information content (AvgIpc) is 2.35. The molecule has 92 valence electrons. The summed E-state index contributed by atoms with van der Waals surface area (Å²) in [5.74, 6) is -1.67. The lowest BCUT2D eigenvalue weighted by Crippen LogP contribution is -2.15. The Morgan fingerprint density at radius 1 is 1.28 bits per heavy atom. The number of aromatic nitrogens is 1. The molecule has 0 saturated heterocycles. The zero-order chi connectivity index (χ0) is 13.1. The largest absolute Gasteiger partial charge is 0.381 e. The molecule has 0 aliphatic rings. The summed E-state index contributed by atoms with van der Waals surface area (Å²) in [7, 11) is 0. The highest BCUT2D eigenvalue weighted by Gasteiger charge is 2.14. The highest BCUT2D eigenvalue weighted by molar-refractivity contribution is 9.10. The van der Waals surface area contributed by atoms with Gasteiger partial charge in [-0.15, -0.1) is 0 Å². The van der Waals surface area contributed by atoms with Crippen LogP contribution in [0.3, 0.4) is 0 Å². The van der Waals surface area contributed by atoms with E-state index in [2.05, 4.69) is 26.2 Å². The predicted molar refractivity (Wildman–Crippen MR) is 70.7 cm³/mol. The minimum Gasteiger partial charge on any atom is -0.381 e. The summed E-state index contributed by atoms with van der Waals surface area (Å²) < 4.78 is 14.5. The fraction of sp³-hybridized carbons (Fsp3) is 0. The standard InChI is InChI=1S/C12H9BrFN3O/c13-7-1-3-8(4-2-7)17-12(18)9-5-6-16-11(15)10(9)14/h1-6H,(H2,15,16)(H,17,18). The molecule has 0 aliphatic carbocycles. The molecule has 1 aromatic heterocycles. The number of hydrogen-bond acceptors (Lipinski definition) is 3. The van der Waals surface area contributed by atoms with Gasteiger partial charge < -0.3 is 11.1 Å². The summed E-state index contributed by atoms with van der Waals surface area (Å²) in [5, 5.41) is 2.57. The molecule has 0 aliphatic heterocycles. The molecule has 2 rings (SSSR count). The molecule has 0 spiro atoms. The quantitative estimate of drug-likeness (QED) is 0.896. The number of carbonyl (C=O) groups is 1. The van der Waals surface area contributed by atoms with E-state index in [0.717, 1.165) is 4.47 Å². The predicted octanol–water partition coefficient (Wildman–Crippen LogP) is 2.82. The number of benzene rings is 1. The maximum atomic E-state index is 13.6. The van der Waals surface area contributed by atoms with Crippen LogP contribution in [0.1, 0.15) is 10.4 Å². The molecule has 0 radical (unpaired) electrons. The Hall–Kier alpha value is -1.95. The van der Waals surface area contributed by atoms with Crippen molar-refractivity contribution in [1.82, 2.24) is 4.98 Å². The number of amides is 1. The summed E-state index contributed by atoms with van der Waals surface area (Å²) in [6, 6.07) is 8.22. The van der Waals surface area contributed by atoms with Crippen molar-refractivity contribution >= 4 is 33.3 Å². The SMILES string of the molecule is Nc1nccc(C(=O)Nc2ccc(Br)cc2)c1F. The van der Waals surface area contributed by atoms with Crippen LogP contribution in [0.25, 0.3) is 0 Å². The Morgan fingerprint density at radius 3 is 2.61 bits per heavy atom. The number of carbonyl (C=O) groups excluding carboxylic acids is 1. The van der Waals surface area contributed by atoms with Crippen molar-refractivity contribution < 1.29 is 9.18 Å². The number of anilines is 2. The molecule has 18 heavy (non-hydrogen) atoms. The highest BCUT2D eigenvalue weighted by atomic mass is 79.9. The van der Waals surface area contributed by atoms with E-state index >= 15 is 0 Å². The van der Waals surface area contributed by atoms with Gasteiger partial charge in [0.05, 0.1) is 5.56 Å². The van der Waals surface area contributed by atoms with Crippen LogP contribution in [0.2, 0.25) is 0 Å². The lowest BCUT2D eigenvalue weighted by Gasteiger charge is -2.06. The van der Waals surface area contributed by atoms with Crippen LogP contribution in [-0.2, 0) is 0 Å². The normalized spacial score (nSPS) is 10.1. The molecule has 0 atom stereocenters. The van der Waals surface area contributed by atoms with E-state index in [1.54, 1.807) is 24.3 Å². The van der Waals surface area contributed by atoms with E-state index in [9.17, 15) is 9.18 Å². The number of halogens is 2. The summed E-state index contributed by atoms with van der Waals surface area (Å²) in [6.07, 6.45) is 1.29.